The summed E-state index contributed by atoms with van der Waals surface area (Å²) in [7, 11) is 0. The third-order valence-corrected chi connectivity index (χ3v) is 4.22. The molecule has 0 unspecified atom stereocenters. The minimum Gasteiger partial charge on any atom is -0.381 e. The summed E-state index contributed by atoms with van der Waals surface area (Å²) < 4.78 is 5.31. The summed E-state index contributed by atoms with van der Waals surface area (Å²) in [4.78, 5) is 25.1. The zero-order valence-electron chi connectivity index (χ0n) is 11.7. The van der Waals surface area contributed by atoms with E-state index in [1.807, 2.05) is 4.90 Å². The molecule has 5 heteroatoms. The molecule has 0 atom stereocenters. The van der Waals surface area contributed by atoms with Crippen molar-refractivity contribution in [1.82, 2.24) is 10.2 Å². The number of piperidine rings is 1. The van der Waals surface area contributed by atoms with Crippen molar-refractivity contribution in [3.8, 4) is 0 Å². The smallest absolute Gasteiger partial charge is 0.223 e. The quantitative estimate of drug-likeness (QED) is 0.823. The number of hydrogen-bond donors (Lipinski definition) is 1. The van der Waals surface area contributed by atoms with Crippen molar-refractivity contribution >= 4 is 11.8 Å². The molecule has 2 aliphatic rings. The molecule has 0 bridgehead atoms. The largest absolute Gasteiger partial charge is 0.381 e. The second-order valence-corrected chi connectivity index (χ2v) is 5.58. The van der Waals surface area contributed by atoms with Crippen molar-refractivity contribution in [3.05, 3.63) is 0 Å². The van der Waals surface area contributed by atoms with E-state index in [4.69, 9.17) is 4.74 Å². The Hall–Kier alpha value is -1.10. The Morgan fingerprint density at radius 3 is 2.37 bits per heavy atom. The maximum Gasteiger partial charge on any atom is 0.223 e. The van der Waals surface area contributed by atoms with E-state index in [0.29, 0.717) is 19.0 Å². The van der Waals surface area contributed by atoms with Crippen molar-refractivity contribution in [1.29, 1.82) is 0 Å². The molecule has 0 radical (unpaired) electrons. The molecule has 0 aliphatic carbocycles. The van der Waals surface area contributed by atoms with Gasteiger partial charge in [-0.05, 0) is 31.6 Å². The highest BCUT2D eigenvalue weighted by Crippen LogP contribution is 2.18. The molecule has 2 fully saturated rings. The molecule has 0 aromatic rings. The van der Waals surface area contributed by atoms with Crippen molar-refractivity contribution < 1.29 is 14.3 Å². The number of nitrogens with zero attached hydrogens (tertiary/aromatic N) is 1. The van der Waals surface area contributed by atoms with Gasteiger partial charge in [0.1, 0.15) is 0 Å². The van der Waals surface area contributed by atoms with Gasteiger partial charge in [-0.3, -0.25) is 9.59 Å². The van der Waals surface area contributed by atoms with Crippen LogP contribution in [0.5, 0.6) is 0 Å². The van der Waals surface area contributed by atoms with Crippen LogP contribution in [0.2, 0.25) is 0 Å². The highest BCUT2D eigenvalue weighted by atomic mass is 16.5. The first-order valence-corrected chi connectivity index (χ1v) is 7.28. The van der Waals surface area contributed by atoms with Crippen molar-refractivity contribution in [2.75, 3.05) is 32.8 Å². The second kappa shape index (κ2) is 6.89. The van der Waals surface area contributed by atoms with Gasteiger partial charge in [-0.15, -0.1) is 0 Å². The fourth-order valence-corrected chi connectivity index (χ4v) is 2.80. The Bertz CT molecular complexity index is 319. The van der Waals surface area contributed by atoms with Gasteiger partial charge in [0.2, 0.25) is 11.8 Å². The first kappa shape index (κ1) is 14.3. The summed E-state index contributed by atoms with van der Waals surface area (Å²) in [6.45, 7) is 5.42. The maximum atomic E-state index is 12.1. The van der Waals surface area contributed by atoms with Crippen molar-refractivity contribution in [2.45, 2.75) is 32.6 Å². The summed E-state index contributed by atoms with van der Waals surface area (Å²) in [6.07, 6.45) is 3.67. The Labute approximate surface area is 114 Å². The predicted octanol–water partition coefficient (Wildman–Crippen LogP) is 0.788. The fourth-order valence-electron chi connectivity index (χ4n) is 2.80. The first-order valence-electron chi connectivity index (χ1n) is 7.28. The van der Waals surface area contributed by atoms with Gasteiger partial charge in [0.05, 0.1) is 0 Å². The molecule has 2 saturated heterocycles. The summed E-state index contributed by atoms with van der Waals surface area (Å²) in [5.74, 6) is 0.918. The maximum absolute atomic E-state index is 12.1. The number of carbonyl (C=O) groups excluding carboxylic acids is 2. The van der Waals surface area contributed by atoms with Crippen LogP contribution in [-0.4, -0.2) is 49.6 Å². The lowest BCUT2D eigenvalue weighted by Crippen LogP contribution is -2.43. The standard InChI is InChI=1S/C14H24N2O3/c1-11(17)16-6-2-13(3-7-16)14(18)15-10-12-4-8-19-9-5-12/h12-13H,2-10H2,1H3,(H,15,18). The Morgan fingerprint density at radius 1 is 1.16 bits per heavy atom. The first-order chi connectivity index (χ1) is 9.16. The second-order valence-electron chi connectivity index (χ2n) is 5.58. The van der Waals surface area contributed by atoms with Crippen LogP contribution in [-0.2, 0) is 14.3 Å². The van der Waals surface area contributed by atoms with E-state index < -0.39 is 0 Å². The number of rotatable bonds is 3. The normalized spacial score (nSPS) is 22.3. The zero-order valence-corrected chi connectivity index (χ0v) is 11.7. The molecule has 2 rings (SSSR count). The van der Waals surface area contributed by atoms with Gasteiger partial charge in [-0.25, -0.2) is 0 Å². The van der Waals surface area contributed by atoms with E-state index >= 15 is 0 Å². The lowest BCUT2D eigenvalue weighted by atomic mass is 9.95. The monoisotopic (exact) mass is 268 g/mol. The number of ether oxygens (including phenoxy) is 1. The molecule has 0 spiro atoms. The molecule has 2 heterocycles. The lowest BCUT2D eigenvalue weighted by molar-refractivity contribution is -0.134. The van der Waals surface area contributed by atoms with Crippen LogP contribution in [0.1, 0.15) is 32.6 Å². The molecule has 2 aliphatic heterocycles. The molecule has 0 aromatic carbocycles. The molecular formula is C14H24N2O3. The highest BCUT2D eigenvalue weighted by Gasteiger charge is 2.26. The van der Waals surface area contributed by atoms with E-state index in [1.54, 1.807) is 6.92 Å². The van der Waals surface area contributed by atoms with Crippen molar-refractivity contribution in [2.24, 2.45) is 11.8 Å². The Morgan fingerprint density at radius 2 is 1.79 bits per heavy atom. The Kier molecular flexibility index (Phi) is 5.19. The summed E-state index contributed by atoms with van der Waals surface area (Å²) in [5.41, 5.74) is 0. The molecule has 5 nitrogen and oxygen atoms in total. The van der Waals surface area contributed by atoms with Gasteiger partial charge >= 0.3 is 0 Å². The van der Waals surface area contributed by atoms with Crippen LogP contribution < -0.4 is 5.32 Å². The molecule has 0 aromatic heterocycles. The topological polar surface area (TPSA) is 58.6 Å². The lowest BCUT2D eigenvalue weighted by Gasteiger charge is -2.31. The number of nitrogens with one attached hydrogen (secondary N) is 1. The van der Waals surface area contributed by atoms with Gasteiger partial charge in [0.15, 0.2) is 0 Å². The third kappa shape index (κ3) is 4.20. The zero-order chi connectivity index (χ0) is 13.7. The molecule has 1 N–H and O–H groups in total. The number of likely N-dealkylation sites (tertiary alicyclic amines) is 1. The average molecular weight is 268 g/mol. The third-order valence-electron chi connectivity index (χ3n) is 4.22. The van der Waals surface area contributed by atoms with Crippen LogP contribution in [0.15, 0.2) is 0 Å². The van der Waals surface area contributed by atoms with Crippen molar-refractivity contribution in [3.63, 3.8) is 0 Å². The average Bonchev–Trinajstić information content (AvgIpc) is 2.46. The van der Waals surface area contributed by atoms with Crippen LogP contribution in [0, 0.1) is 11.8 Å². The van der Waals surface area contributed by atoms with Crippen LogP contribution in [0.4, 0.5) is 0 Å². The van der Waals surface area contributed by atoms with E-state index in [2.05, 4.69) is 5.32 Å². The van der Waals surface area contributed by atoms with Crippen LogP contribution >= 0.6 is 0 Å². The molecule has 2 amide bonds. The number of hydrogen-bond acceptors (Lipinski definition) is 3. The summed E-state index contributed by atoms with van der Waals surface area (Å²) >= 11 is 0. The van der Waals surface area contributed by atoms with Crippen LogP contribution in [0.3, 0.4) is 0 Å². The summed E-state index contributed by atoms with van der Waals surface area (Å²) in [5, 5.41) is 3.07. The minimum atomic E-state index is 0.0791. The fraction of sp³-hybridized carbons (Fsp3) is 0.857. The van der Waals surface area contributed by atoms with Gasteiger partial charge in [-0.1, -0.05) is 0 Å². The minimum absolute atomic E-state index is 0.0791. The molecule has 0 saturated carbocycles. The highest BCUT2D eigenvalue weighted by molar-refractivity contribution is 5.79. The molecule has 19 heavy (non-hydrogen) atoms. The summed E-state index contributed by atoms with van der Waals surface area (Å²) in [6, 6.07) is 0. The van der Waals surface area contributed by atoms with E-state index in [0.717, 1.165) is 45.4 Å². The SMILES string of the molecule is CC(=O)N1CCC(C(=O)NCC2CCOCC2)CC1. The van der Waals surface area contributed by atoms with Gasteiger partial charge in [0.25, 0.3) is 0 Å². The van der Waals surface area contributed by atoms with E-state index in [9.17, 15) is 9.59 Å². The van der Waals surface area contributed by atoms with Gasteiger partial charge < -0.3 is 15.0 Å². The van der Waals surface area contributed by atoms with Gasteiger partial charge in [0, 0.05) is 45.7 Å². The van der Waals surface area contributed by atoms with Crippen LogP contribution in [0.25, 0.3) is 0 Å². The predicted molar refractivity (Wildman–Crippen MR) is 71.5 cm³/mol. The van der Waals surface area contributed by atoms with E-state index in [1.165, 1.54) is 0 Å². The number of amides is 2. The number of carbonyl (C=O) groups is 2. The van der Waals surface area contributed by atoms with Gasteiger partial charge in [-0.2, -0.15) is 0 Å². The Balaban J connectivity index is 1.67. The molecular weight excluding hydrogens is 244 g/mol. The van der Waals surface area contributed by atoms with E-state index in [-0.39, 0.29) is 17.7 Å². The molecule has 108 valence electrons.